The Balaban J connectivity index is 1.71. The van der Waals surface area contributed by atoms with Gasteiger partial charge in [0.15, 0.2) is 0 Å². The summed E-state index contributed by atoms with van der Waals surface area (Å²) in [7, 11) is 3.12. The Morgan fingerprint density at radius 2 is 1.70 bits per heavy atom. The molecule has 0 spiro atoms. The molecule has 1 aromatic heterocycles. The molecule has 2 aromatic rings. The number of ether oxygens (including phenoxy) is 2. The van der Waals surface area contributed by atoms with Crippen molar-refractivity contribution in [1.29, 1.82) is 0 Å². The Kier molecular flexibility index (Phi) is 6.11. The maximum atomic E-state index is 12.5. The van der Waals surface area contributed by atoms with Crippen LogP contribution >= 0.6 is 0 Å². The molecule has 0 saturated carbocycles. The van der Waals surface area contributed by atoms with Gasteiger partial charge in [0.1, 0.15) is 11.5 Å². The van der Waals surface area contributed by atoms with Crippen molar-refractivity contribution in [3.8, 4) is 11.5 Å². The van der Waals surface area contributed by atoms with Crippen LogP contribution < -0.4 is 19.7 Å². The minimum Gasteiger partial charge on any atom is -0.497 e. The van der Waals surface area contributed by atoms with Gasteiger partial charge < -0.3 is 19.7 Å². The lowest BCUT2D eigenvalue weighted by atomic mass is 10.1. The summed E-state index contributed by atoms with van der Waals surface area (Å²) in [6.45, 7) is 4.26. The molecule has 1 aromatic carbocycles. The molecule has 1 fully saturated rings. The fourth-order valence-corrected chi connectivity index (χ4v) is 3.15. The highest BCUT2D eigenvalue weighted by molar-refractivity contribution is 5.95. The van der Waals surface area contributed by atoms with E-state index in [0.29, 0.717) is 23.6 Å². The SMILES string of the molecule is COc1cc(OC)cc(C(=O)NCc2cc(C)nc(N3CCCCC3)n2)c1. The molecule has 2 heterocycles. The average Bonchev–Trinajstić information content (AvgIpc) is 2.71. The number of methoxy groups -OCH3 is 2. The third kappa shape index (κ3) is 4.87. The Hall–Kier alpha value is -2.83. The second kappa shape index (κ2) is 8.70. The topological polar surface area (TPSA) is 76.6 Å². The van der Waals surface area contributed by atoms with Crippen LogP contribution in [0.3, 0.4) is 0 Å². The van der Waals surface area contributed by atoms with E-state index in [-0.39, 0.29) is 5.91 Å². The molecule has 27 heavy (non-hydrogen) atoms. The van der Waals surface area contributed by atoms with Crippen molar-refractivity contribution in [3.63, 3.8) is 0 Å². The van der Waals surface area contributed by atoms with Crippen LogP contribution in [0.2, 0.25) is 0 Å². The van der Waals surface area contributed by atoms with E-state index >= 15 is 0 Å². The Bertz CT molecular complexity index is 782. The Morgan fingerprint density at radius 1 is 1.04 bits per heavy atom. The Labute approximate surface area is 159 Å². The molecule has 1 amide bonds. The molecule has 3 rings (SSSR count). The number of carbonyl (C=O) groups excluding carboxylic acids is 1. The predicted octanol–water partition coefficient (Wildman–Crippen LogP) is 2.72. The summed E-state index contributed by atoms with van der Waals surface area (Å²) in [6.07, 6.45) is 3.59. The number of nitrogens with one attached hydrogen (secondary N) is 1. The van der Waals surface area contributed by atoms with Gasteiger partial charge in [-0.2, -0.15) is 0 Å². The summed E-state index contributed by atoms with van der Waals surface area (Å²) in [6, 6.07) is 7.00. The van der Waals surface area contributed by atoms with Crippen molar-refractivity contribution in [2.24, 2.45) is 0 Å². The van der Waals surface area contributed by atoms with Crippen LogP contribution in [0.25, 0.3) is 0 Å². The molecular weight excluding hydrogens is 344 g/mol. The first-order valence-electron chi connectivity index (χ1n) is 9.20. The molecule has 1 aliphatic rings. The minimum absolute atomic E-state index is 0.206. The van der Waals surface area contributed by atoms with Crippen LogP contribution in [0, 0.1) is 6.92 Å². The predicted molar refractivity (Wildman–Crippen MR) is 104 cm³/mol. The van der Waals surface area contributed by atoms with Crippen molar-refractivity contribution < 1.29 is 14.3 Å². The van der Waals surface area contributed by atoms with Gasteiger partial charge in [-0.3, -0.25) is 4.79 Å². The zero-order chi connectivity index (χ0) is 19.2. The molecule has 0 aliphatic carbocycles. The second-order valence-corrected chi connectivity index (χ2v) is 6.63. The number of nitrogens with zero attached hydrogens (tertiary/aromatic N) is 3. The first kappa shape index (κ1) is 18.9. The van der Waals surface area contributed by atoms with Gasteiger partial charge in [-0.05, 0) is 44.4 Å². The molecule has 0 radical (unpaired) electrons. The zero-order valence-corrected chi connectivity index (χ0v) is 16.1. The lowest BCUT2D eigenvalue weighted by Gasteiger charge is -2.27. The first-order chi connectivity index (χ1) is 13.1. The molecule has 1 N–H and O–H groups in total. The largest absolute Gasteiger partial charge is 0.497 e. The minimum atomic E-state index is -0.206. The quantitative estimate of drug-likeness (QED) is 0.843. The normalized spacial score (nSPS) is 14.0. The summed E-state index contributed by atoms with van der Waals surface area (Å²) in [5, 5.41) is 2.92. The van der Waals surface area contributed by atoms with Gasteiger partial charge in [0.25, 0.3) is 5.91 Å². The van der Waals surface area contributed by atoms with Gasteiger partial charge in [0, 0.05) is 30.4 Å². The highest BCUT2D eigenvalue weighted by Crippen LogP contribution is 2.22. The molecule has 7 heteroatoms. The van der Waals surface area contributed by atoms with Crippen LogP contribution in [0.4, 0.5) is 5.95 Å². The summed E-state index contributed by atoms with van der Waals surface area (Å²) in [4.78, 5) is 24.0. The number of aryl methyl sites for hydroxylation is 1. The molecule has 0 atom stereocenters. The van der Waals surface area contributed by atoms with Crippen molar-refractivity contribution in [2.75, 3.05) is 32.2 Å². The standard InChI is InChI=1S/C20H26N4O3/c1-14-9-16(23-20(22-14)24-7-5-4-6-8-24)13-21-19(25)15-10-17(26-2)12-18(11-15)27-3/h9-12H,4-8,13H2,1-3H3,(H,21,25). The summed E-state index contributed by atoms with van der Waals surface area (Å²) in [5.74, 6) is 1.69. The number of piperidine rings is 1. The second-order valence-electron chi connectivity index (χ2n) is 6.63. The van der Waals surface area contributed by atoms with Gasteiger partial charge in [-0.15, -0.1) is 0 Å². The molecule has 1 saturated heterocycles. The number of carbonyl (C=O) groups is 1. The maximum absolute atomic E-state index is 12.5. The number of rotatable bonds is 6. The first-order valence-corrected chi connectivity index (χ1v) is 9.20. The van der Waals surface area contributed by atoms with Gasteiger partial charge >= 0.3 is 0 Å². The van der Waals surface area contributed by atoms with E-state index in [4.69, 9.17) is 9.47 Å². The van der Waals surface area contributed by atoms with E-state index in [0.717, 1.165) is 30.4 Å². The highest BCUT2D eigenvalue weighted by atomic mass is 16.5. The number of benzene rings is 1. The Morgan fingerprint density at radius 3 is 2.33 bits per heavy atom. The van der Waals surface area contributed by atoms with Crippen LogP contribution in [0.5, 0.6) is 11.5 Å². The fourth-order valence-electron chi connectivity index (χ4n) is 3.15. The van der Waals surface area contributed by atoms with E-state index in [2.05, 4.69) is 20.2 Å². The van der Waals surface area contributed by atoms with E-state index in [9.17, 15) is 4.79 Å². The smallest absolute Gasteiger partial charge is 0.251 e. The third-order valence-corrected chi connectivity index (χ3v) is 4.58. The van der Waals surface area contributed by atoms with Crippen molar-refractivity contribution in [3.05, 3.63) is 41.2 Å². The van der Waals surface area contributed by atoms with E-state index < -0.39 is 0 Å². The van der Waals surface area contributed by atoms with Crippen LogP contribution in [0.15, 0.2) is 24.3 Å². The van der Waals surface area contributed by atoms with Gasteiger partial charge in [-0.1, -0.05) is 0 Å². The lowest BCUT2D eigenvalue weighted by molar-refractivity contribution is 0.0949. The molecular formula is C20H26N4O3. The van der Waals surface area contributed by atoms with E-state index in [1.54, 1.807) is 32.4 Å². The molecule has 0 bridgehead atoms. The molecule has 7 nitrogen and oxygen atoms in total. The maximum Gasteiger partial charge on any atom is 0.251 e. The van der Waals surface area contributed by atoms with Crippen molar-refractivity contribution in [1.82, 2.24) is 15.3 Å². The van der Waals surface area contributed by atoms with Crippen LogP contribution in [-0.2, 0) is 6.54 Å². The number of hydrogen-bond donors (Lipinski definition) is 1. The number of amides is 1. The zero-order valence-electron chi connectivity index (χ0n) is 16.1. The van der Waals surface area contributed by atoms with Gasteiger partial charge in [-0.25, -0.2) is 9.97 Å². The number of aromatic nitrogens is 2. The van der Waals surface area contributed by atoms with E-state index in [1.807, 2.05) is 13.0 Å². The lowest BCUT2D eigenvalue weighted by Crippen LogP contribution is -2.32. The van der Waals surface area contributed by atoms with Crippen LogP contribution in [0.1, 0.15) is 41.0 Å². The molecule has 0 unspecified atom stereocenters. The van der Waals surface area contributed by atoms with Gasteiger partial charge in [0.2, 0.25) is 5.95 Å². The summed E-state index contributed by atoms with van der Waals surface area (Å²) < 4.78 is 10.4. The molecule has 1 aliphatic heterocycles. The van der Waals surface area contributed by atoms with E-state index in [1.165, 1.54) is 19.3 Å². The van der Waals surface area contributed by atoms with Gasteiger partial charge in [0.05, 0.1) is 26.5 Å². The van der Waals surface area contributed by atoms with Crippen molar-refractivity contribution in [2.45, 2.75) is 32.7 Å². The molecule has 144 valence electrons. The fraction of sp³-hybridized carbons (Fsp3) is 0.450. The monoisotopic (exact) mass is 370 g/mol. The summed E-state index contributed by atoms with van der Waals surface area (Å²) >= 11 is 0. The number of hydrogen-bond acceptors (Lipinski definition) is 6. The summed E-state index contributed by atoms with van der Waals surface area (Å²) in [5.41, 5.74) is 2.18. The number of anilines is 1. The van der Waals surface area contributed by atoms with Crippen molar-refractivity contribution >= 4 is 11.9 Å². The highest BCUT2D eigenvalue weighted by Gasteiger charge is 2.15. The third-order valence-electron chi connectivity index (χ3n) is 4.58. The van der Waals surface area contributed by atoms with Crippen LogP contribution in [-0.4, -0.2) is 43.2 Å². The average molecular weight is 370 g/mol.